The standard InChI is InChI=1S/C18H23F3N2O5S/c19-18(20,21)13-5-4-8-15(11-13)29(26,27)22-10-9-17(25)28-12-16(24)23-14-6-2-1-3-7-14/h4-5,8,11,14,22H,1-3,6-7,9-10,12H2,(H,23,24). The van der Waals surface area contributed by atoms with Gasteiger partial charge in [0.25, 0.3) is 5.91 Å². The van der Waals surface area contributed by atoms with Gasteiger partial charge in [0.1, 0.15) is 0 Å². The Bertz CT molecular complexity index is 821. The Morgan fingerprint density at radius 3 is 2.48 bits per heavy atom. The SMILES string of the molecule is O=C(COC(=O)CCNS(=O)(=O)c1cccc(C(F)(F)F)c1)NC1CCCCC1. The van der Waals surface area contributed by atoms with Crippen molar-refractivity contribution < 1.29 is 35.9 Å². The van der Waals surface area contributed by atoms with Crippen molar-refractivity contribution in [3.05, 3.63) is 29.8 Å². The van der Waals surface area contributed by atoms with Crippen molar-refractivity contribution in [2.45, 2.75) is 55.6 Å². The van der Waals surface area contributed by atoms with E-state index in [0.29, 0.717) is 6.07 Å². The van der Waals surface area contributed by atoms with Gasteiger partial charge in [0.05, 0.1) is 16.9 Å². The molecule has 1 aliphatic rings. The Labute approximate surface area is 167 Å². The van der Waals surface area contributed by atoms with Crippen molar-refractivity contribution in [2.75, 3.05) is 13.2 Å². The number of rotatable bonds is 8. The number of ether oxygens (including phenoxy) is 1. The Kier molecular flexibility index (Phi) is 8.03. The molecule has 0 atom stereocenters. The van der Waals surface area contributed by atoms with Gasteiger partial charge in [0, 0.05) is 12.6 Å². The summed E-state index contributed by atoms with van der Waals surface area (Å²) in [5.41, 5.74) is -1.09. The van der Waals surface area contributed by atoms with E-state index >= 15 is 0 Å². The number of hydrogen-bond donors (Lipinski definition) is 2. The number of alkyl halides is 3. The van der Waals surface area contributed by atoms with Crippen LogP contribution in [0.2, 0.25) is 0 Å². The first kappa shape index (κ1) is 23.1. The van der Waals surface area contributed by atoms with Crippen molar-refractivity contribution in [1.29, 1.82) is 0 Å². The number of nitrogens with one attached hydrogen (secondary N) is 2. The minimum absolute atomic E-state index is 0.0780. The van der Waals surface area contributed by atoms with Gasteiger partial charge in [0.15, 0.2) is 6.61 Å². The first-order valence-corrected chi connectivity index (χ1v) is 10.7. The third kappa shape index (κ3) is 7.65. The quantitative estimate of drug-likeness (QED) is 0.610. The largest absolute Gasteiger partial charge is 0.456 e. The Morgan fingerprint density at radius 2 is 1.83 bits per heavy atom. The molecule has 0 heterocycles. The molecule has 1 aromatic carbocycles. The fourth-order valence-electron chi connectivity index (χ4n) is 2.94. The fourth-order valence-corrected chi connectivity index (χ4v) is 4.02. The smallest absolute Gasteiger partial charge is 0.416 e. The van der Waals surface area contributed by atoms with E-state index in [1.165, 1.54) is 0 Å². The monoisotopic (exact) mass is 436 g/mol. The van der Waals surface area contributed by atoms with Crippen LogP contribution in [0, 0.1) is 0 Å². The van der Waals surface area contributed by atoms with Crippen LogP contribution in [-0.4, -0.2) is 39.5 Å². The van der Waals surface area contributed by atoms with Gasteiger partial charge in [-0.2, -0.15) is 13.2 Å². The lowest BCUT2D eigenvalue weighted by Gasteiger charge is -2.22. The summed E-state index contributed by atoms with van der Waals surface area (Å²) in [7, 11) is -4.23. The lowest BCUT2D eigenvalue weighted by Crippen LogP contribution is -2.38. The van der Waals surface area contributed by atoms with Gasteiger partial charge < -0.3 is 10.1 Å². The van der Waals surface area contributed by atoms with E-state index in [9.17, 15) is 31.2 Å². The minimum atomic E-state index is -4.67. The van der Waals surface area contributed by atoms with E-state index < -0.39 is 45.1 Å². The maximum Gasteiger partial charge on any atom is 0.416 e. The molecule has 1 amide bonds. The number of halogens is 3. The molecular weight excluding hydrogens is 413 g/mol. The normalized spacial score (nSPS) is 15.7. The van der Waals surface area contributed by atoms with Crippen LogP contribution < -0.4 is 10.0 Å². The van der Waals surface area contributed by atoms with E-state index in [4.69, 9.17) is 4.74 Å². The molecular formula is C18H23F3N2O5S. The molecule has 162 valence electrons. The summed E-state index contributed by atoms with van der Waals surface area (Å²) in [6.07, 6.45) is -0.0538. The number of hydrogen-bond acceptors (Lipinski definition) is 5. The van der Waals surface area contributed by atoms with E-state index in [2.05, 4.69) is 5.32 Å². The van der Waals surface area contributed by atoms with E-state index in [1.54, 1.807) is 0 Å². The molecule has 0 aromatic heterocycles. The molecule has 7 nitrogen and oxygen atoms in total. The molecule has 1 fully saturated rings. The number of carbonyl (C=O) groups excluding carboxylic acids is 2. The van der Waals surface area contributed by atoms with Crippen LogP contribution in [0.5, 0.6) is 0 Å². The highest BCUT2D eigenvalue weighted by atomic mass is 32.2. The summed E-state index contributed by atoms with van der Waals surface area (Å²) < 4.78 is 69.1. The zero-order valence-electron chi connectivity index (χ0n) is 15.6. The number of sulfonamides is 1. The van der Waals surface area contributed by atoms with Gasteiger partial charge >= 0.3 is 12.1 Å². The molecule has 0 aliphatic heterocycles. The predicted octanol–water partition coefficient (Wildman–Crippen LogP) is 2.37. The van der Waals surface area contributed by atoms with Gasteiger partial charge in [0.2, 0.25) is 10.0 Å². The Balaban J connectivity index is 1.75. The Hall–Kier alpha value is -2.14. The van der Waals surface area contributed by atoms with Crippen LogP contribution in [0.15, 0.2) is 29.2 Å². The van der Waals surface area contributed by atoms with Crippen molar-refractivity contribution in [2.24, 2.45) is 0 Å². The summed E-state index contributed by atoms with van der Waals surface area (Å²) in [6, 6.07) is 3.35. The molecule has 0 bridgehead atoms. The molecule has 2 rings (SSSR count). The van der Waals surface area contributed by atoms with Gasteiger partial charge in [-0.15, -0.1) is 0 Å². The van der Waals surface area contributed by atoms with E-state index in [1.807, 2.05) is 4.72 Å². The second-order valence-corrected chi connectivity index (χ2v) is 8.50. The fraction of sp³-hybridized carbons (Fsp3) is 0.556. The lowest BCUT2D eigenvalue weighted by molar-refractivity contribution is -0.148. The van der Waals surface area contributed by atoms with Gasteiger partial charge in [-0.1, -0.05) is 25.3 Å². The zero-order chi connectivity index (χ0) is 21.5. The number of amides is 1. The molecule has 1 aromatic rings. The number of carbonyl (C=O) groups is 2. The van der Waals surface area contributed by atoms with E-state index in [0.717, 1.165) is 50.3 Å². The summed E-state index contributed by atoms with van der Waals surface area (Å²) in [5.74, 6) is -1.22. The van der Waals surface area contributed by atoms with Crippen molar-refractivity contribution >= 4 is 21.9 Å². The predicted molar refractivity (Wildman–Crippen MR) is 97.2 cm³/mol. The van der Waals surface area contributed by atoms with Crippen LogP contribution >= 0.6 is 0 Å². The number of benzene rings is 1. The molecule has 0 spiro atoms. The molecule has 0 radical (unpaired) electrons. The molecule has 1 aliphatic carbocycles. The molecule has 1 saturated carbocycles. The third-order valence-electron chi connectivity index (χ3n) is 4.43. The molecule has 29 heavy (non-hydrogen) atoms. The molecule has 0 saturated heterocycles. The zero-order valence-corrected chi connectivity index (χ0v) is 16.4. The summed E-state index contributed by atoms with van der Waals surface area (Å²) >= 11 is 0. The summed E-state index contributed by atoms with van der Waals surface area (Å²) in [4.78, 5) is 22.9. The average Bonchev–Trinajstić information content (AvgIpc) is 2.66. The molecule has 11 heteroatoms. The van der Waals surface area contributed by atoms with Crippen LogP contribution in [0.4, 0.5) is 13.2 Å². The topological polar surface area (TPSA) is 102 Å². The first-order chi connectivity index (χ1) is 13.6. The summed E-state index contributed by atoms with van der Waals surface area (Å²) in [5, 5.41) is 2.77. The minimum Gasteiger partial charge on any atom is -0.456 e. The second kappa shape index (κ2) is 10.1. The van der Waals surface area contributed by atoms with Gasteiger partial charge in [-0.25, -0.2) is 13.1 Å². The number of esters is 1. The molecule has 0 unspecified atom stereocenters. The van der Waals surface area contributed by atoms with Gasteiger partial charge in [-0.05, 0) is 31.0 Å². The van der Waals surface area contributed by atoms with Crippen molar-refractivity contribution in [3.8, 4) is 0 Å². The van der Waals surface area contributed by atoms with Crippen molar-refractivity contribution in [3.63, 3.8) is 0 Å². The summed E-state index contributed by atoms with van der Waals surface area (Å²) in [6.45, 7) is -0.836. The second-order valence-electron chi connectivity index (χ2n) is 6.74. The average molecular weight is 436 g/mol. The highest BCUT2D eigenvalue weighted by molar-refractivity contribution is 7.89. The van der Waals surface area contributed by atoms with Crippen LogP contribution in [0.25, 0.3) is 0 Å². The highest BCUT2D eigenvalue weighted by Gasteiger charge is 2.31. The van der Waals surface area contributed by atoms with E-state index in [-0.39, 0.29) is 19.0 Å². The van der Waals surface area contributed by atoms with Crippen LogP contribution in [0.1, 0.15) is 44.1 Å². The Morgan fingerprint density at radius 1 is 1.14 bits per heavy atom. The maximum absolute atomic E-state index is 12.7. The first-order valence-electron chi connectivity index (χ1n) is 9.20. The van der Waals surface area contributed by atoms with Crippen molar-refractivity contribution in [1.82, 2.24) is 10.0 Å². The highest BCUT2D eigenvalue weighted by Crippen LogP contribution is 2.30. The third-order valence-corrected chi connectivity index (χ3v) is 5.89. The van der Waals surface area contributed by atoms with Gasteiger partial charge in [-0.3, -0.25) is 9.59 Å². The molecule has 2 N–H and O–H groups in total. The maximum atomic E-state index is 12.7. The van der Waals surface area contributed by atoms with Crippen LogP contribution in [0.3, 0.4) is 0 Å². The lowest BCUT2D eigenvalue weighted by atomic mass is 9.95. The van der Waals surface area contributed by atoms with Crippen LogP contribution in [-0.2, 0) is 30.5 Å².